The number of hydrogen-bond donors (Lipinski definition) is 2. The molecule has 0 amide bonds. The van der Waals surface area contributed by atoms with Gasteiger partial charge in [-0.15, -0.1) is 0 Å². The van der Waals surface area contributed by atoms with Gasteiger partial charge in [-0.05, 0) is 22.0 Å². The molecule has 0 spiro atoms. The molecular weight excluding hydrogens is 229 g/mol. The normalized spacial score (nSPS) is 10.1. The number of nitrogens with one attached hydrogen (secondary N) is 1. The highest BCUT2D eigenvalue weighted by atomic mass is 79.9. The minimum absolute atomic E-state index is 0.478. The third-order valence-electron chi connectivity index (χ3n) is 1.17. The van der Waals surface area contributed by atoms with Crippen LogP contribution in [0.5, 0.6) is 0 Å². The van der Waals surface area contributed by atoms with Gasteiger partial charge in [0.15, 0.2) is 0 Å². The summed E-state index contributed by atoms with van der Waals surface area (Å²) in [6.07, 6.45) is 1.64. The SMILES string of the molecule is NNCc1cc(Br)cnc1Cl. The highest BCUT2D eigenvalue weighted by Crippen LogP contribution is 2.17. The van der Waals surface area contributed by atoms with Crippen LogP contribution in [-0.2, 0) is 6.54 Å². The molecule has 3 nitrogen and oxygen atoms in total. The summed E-state index contributed by atoms with van der Waals surface area (Å²) in [6.45, 7) is 0.519. The van der Waals surface area contributed by atoms with E-state index in [1.54, 1.807) is 6.20 Å². The van der Waals surface area contributed by atoms with Crippen molar-refractivity contribution in [3.05, 3.63) is 27.5 Å². The molecule has 11 heavy (non-hydrogen) atoms. The van der Waals surface area contributed by atoms with Crippen LogP contribution in [0.3, 0.4) is 0 Å². The molecule has 1 aromatic rings. The number of aromatic nitrogens is 1. The molecule has 0 unspecified atom stereocenters. The molecule has 0 aliphatic heterocycles. The molecule has 0 atom stereocenters. The fourth-order valence-corrected chi connectivity index (χ4v) is 1.25. The number of nitrogens with two attached hydrogens (primary N) is 1. The van der Waals surface area contributed by atoms with Gasteiger partial charge in [0.25, 0.3) is 0 Å². The maximum atomic E-state index is 5.75. The van der Waals surface area contributed by atoms with Crippen LogP contribution in [0.2, 0.25) is 5.15 Å². The molecule has 1 rings (SSSR count). The average molecular weight is 236 g/mol. The molecule has 0 radical (unpaired) electrons. The molecule has 0 fully saturated rings. The Kier molecular flexibility index (Phi) is 3.26. The molecule has 5 heteroatoms. The number of halogens is 2. The van der Waals surface area contributed by atoms with Crippen LogP contribution in [0.4, 0.5) is 0 Å². The molecule has 0 saturated carbocycles. The standard InChI is InChI=1S/C6H7BrClN3/c7-5-1-4(2-11-9)6(8)10-3-5/h1,3,11H,2,9H2. The minimum Gasteiger partial charge on any atom is -0.271 e. The predicted octanol–water partition coefficient (Wildman–Crippen LogP) is 1.46. The molecule has 1 heterocycles. The largest absolute Gasteiger partial charge is 0.271 e. The third kappa shape index (κ3) is 2.41. The summed E-state index contributed by atoms with van der Waals surface area (Å²) in [5, 5.41) is 0.478. The van der Waals surface area contributed by atoms with Crippen LogP contribution < -0.4 is 11.3 Å². The van der Waals surface area contributed by atoms with Crippen molar-refractivity contribution in [1.29, 1.82) is 0 Å². The van der Waals surface area contributed by atoms with E-state index in [9.17, 15) is 0 Å². The van der Waals surface area contributed by atoms with Gasteiger partial charge >= 0.3 is 0 Å². The second kappa shape index (κ2) is 4.01. The molecule has 0 aliphatic carbocycles. The quantitative estimate of drug-likeness (QED) is 0.464. The second-order valence-electron chi connectivity index (χ2n) is 1.98. The second-order valence-corrected chi connectivity index (χ2v) is 3.26. The van der Waals surface area contributed by atoms with Crippen LogP contribution in [0, 0.1) is 0 Å². The number of pyridine rings is 1. The monoisotopic (exact) mass is 235 g/mol. The van der Waals surface area contributed by atoms with Crippen LogP contribution >= 0.6 is 27.5 Å². The van der Waals surface area contributed by atoms with E-state index in [2.05, 4.69) is 26.3 Å². The first-order chi connectivity index (χ1) is 5.24. The summed E-state index contributed by atoms with van der Waals surface area (Å²) in [7, 11) is 0. The van der Waals surface area contributed by atoms with E-state index < -0.39 is 0 Å². The molecule has 1 aromatic heterocycles. The van der Waals surface area contributed by atoms with Crippen molar-refractivity contribution >= 4 is 27.5 Å². The van der Waals surface area contributed by atoms with E-state index in [0.717, 1.165) is 10.0 Å². The van der Waals surface area contributed by atoms with Crippen molar-refractivity contribution in [1.82, 2.24) is 10.4 Å². The van der Waals surface area contributed by atoms with Gasteiger partial charge in [0.05, 0.1) is 0 Å². The molecule has 60 valence electrons. The first-order valence-electron chi connectivity index (χ1n) is 2.97. The maximum absolute atomic E-state index is 5.75. The third-order valence-corrected chi connectivity index (χ3v) is 1.94. The Morgan fingerprint density at radius 1 is 1.73 bits per heavy atom. The zero-order valence-electron chi connectivity index (χ0n) is 5.64. The predicted molar refractivity (Wildman–Crippen MR) is 48.0 cm³/mol. The molecule has 0 saturated heterocycles. The fourth-order valence-electron chi connectivity index (χ4n) is 0.698. The minimum atomic E-state index is 0.478. The van der Waals surface area contributed by atoms with Gasteiger partial charge in [0.1, 0.15) is 5.15 Å². The van der Waals surface area contributed by atoms with E-state index in [1.807, 2.05) is 6.07 Å². The Hall–Kier alpha value is -0.160. The Bertz CT molecular complexity index is 254. The summed E-state index contributed by atoms with van der Waals surface area (Å²) in [5.41, 5.74) is 3.39. The van der Waals surface area contributed by atoms with Gasteiger partial charge in [0, 0.05) is 22.8 Å². The lowest BCUT2D eigenvalue weighted by Gasteiger charge is -2.01. The average Bonchev–Trinajstić information content (AvgIpc) is 1.98. The molecular formula is C6H7BrClN3. The van der Waals surface area contributed by atoms with Crippen molar-refractivity contribution < 1.29 is 0 Å². The smallest absolute Gasteiger partial charge is 0.133 e. The van der Waals surface area contributed by atoms with Crippen molar-refractivity contribution in [2.45, 2.75) is 6.54 Å². The summed E-state index contributed by atoms with van der Waals surface area (Å²) in [6, 6.07) is 1.87. The zero-order chi connectivity index (χ0) is 8.27. The van der Waals surface area contributed by atoms with Gasteiger partial charge in [-0.3, -0.25) is 11.3 Å². The van der Waals surface area contributed by atoms with Crippen LogP contribution in [-0.4, -0.2) is 4.98 Å². The number of nitrogens with zero attached hydrogens (tertiary/aromatic N) is 1. The molecule has 0 aromatic carbocycles. The maximum Gasteiger partial charge on any atom is 0.133 e. The van der Waals surface area contributed by atoms with Crippen LogP contribution in [0.15, 0.2) is 16.7 Å². The topological polar surface area (TPSA) is 50.9 Å². The lowest BCUT2D eigenvalue weighted by Crippen LogP contribution is -2.21. The summed E-state index contributed by atoms with van der Waals surface area (Å²) >= 11 is 9.02. The van der Waals surface area contributed by atoms with Gasteiger partial charge in [-0.2, -0.15) is 0 Å². The molecule has 0 aliphatic rings. The van der Waals surface area contributed by atoms with E-state index in [1.165, 1.54) is 0 Å². The van der Waals surface area contributed by atoms with Crippen LogP contribution in [0.1, 0.15) is 5.56 Å². The van der Waals surface area contributed by atoms with Crippen LogP contribution in [0.25, 0.3) is 0 Å². The lowest BCUT2D eigenvalue weighted by molar-refractivity contribution is 0.738. The van der Waals surface area contributed by atoms with Crippen molar-refractivity contribution in [2.75, 3.05) is 0 Å². The Labute approximate surface area is 78.0 Å². The van der Waals surface area contributed by atoms with E-state index >= 15 is 0 Å². The van der Waals surface area contributed by atoms with E-state index in [-0.39, 0.29) is 0 Å². The number of rotatable bonds is 2. The van der Waals surface area contributed by atoms with Gasteiger partial charge in [0.2, 0.25) is 0 Å². The zero-order valence-corrected chi connectivity index (χ0v) is 7.98. The molecule has 0 bridgehead atoms. The van der Waals surface area contributed by atoms with Gasteiger partial charge in [-0.25, -0.2) is 4.98 Å². The number of hydrazine groups is 1. The lowest BCUT2D eigenvalue weighted by atomic mass is 10.3. The summed E-state index contributed by atoms with van der Waals surface area (Å²) in [5.74, 6) is 5.13. The van der Waals surface area contributed by atoms with Crippen molar-refractivity contribution in [3.8, 4) is 0 Å². The van der Waals surface area contributed by atoms with E-state index in [0.29, 0.717) is 11.7 Å². The first kappa shape index (κ1) is 8.93. The van der Waals surface area contributed by atoms with E-state index in [4.69, 9.17) is 17.4 Å². The summed E-state index contributed by atoms with van der Waals surface area (Å²) in [4.78, 5) is 3.92. The van der Waals surface area contributed by atoms with Gasteiger partial charge < -0.3 is 0 Å². The summed E-state index contributed by atoms with van der Waals surface area (Å²) < 4.78 is 0.896. The highest BCUT2D eigenvalue weighted by Gasteiger charge is 2.00. The molecule has 3 N–H and O–H groups in total. The number of hydrogen-bond acceptors (Lipinski definition) is 3. The Morgan fingerprint density at radius 3 is 3.09 bits per heavy atom. The first-order valence-corrected chi connectivity index (χ1v) is 4.14. The van der Waals surface area contributed by atoms with Gasteiger partial charge in [-0.1, -0.05) is 11.6 Å². The van der Waals surface area contributed by atoms with Crippen molar-refractivity contribution in [3.63, 3.8) is 0 Å². The Balaban J connectivity index is 2.93. The van der Waals surface area contributed by atoms with Crippen molar-refractivity contribution in [2.24, 2.45) is 5.84 Å². The fraction of sp³-hybridized carbons (Fsp3) is 0.167. The highest BCUT2D eigenvalue weighted by molar-refractivity contribution is 9.10. The Morgan fingerprint density at radius 2 is 2.45 bits per heavy atom.